The van der Waals surface area contributed by atoms with Gasteiger partial charge in [-0.15, -0.1) is 0 Å². The molecule has 98 valence electrons. The van der Waals surface area contributed by atoms with Gasteiger partial charge < -0.3 is 10.2 Å². The molecule has 3 rings (SSSR count). The van der Waals surface area contributed by atoms with Crippen LogP contribution in [0.15, 0.2) is 42.9 Å². The van der Waals surface area contributed by atoms with Gasteiger partial charge >= 0.3 is 0 Å². The number of aromatic nitrogens is 2. The normalized spacial score (nSPS) is 16.1. The molecule has 0 amide bonds. The minimum absolute atomic E-state index is 0.977. The van der Waals surface area contributed by atoms with Crippen LogP contribution in [0.1, 0.15) is 6.42 Å². The molecular formula is C15H18N4. The van der Waals surface area contributed by atoms with E-state index in [4.69, 9.17) is 0 Å². The molecule has 4 heteroatoms. The number of hydrogen-bond acceptors (Lipinski definition) is 4. The van der Waals surface area contributed by atoms with Crippen molar-refractivity contribution < 1.29 is 0 Å². The Kier molecular flexibility index (Phi) is 3.70. The van der Waals surface area contributed by atoms with E-state index in [2.05, 4.69) is 26.3 Å². The summed E-state index contributed by atoms with van der Waals surface area (Å²) in [6, 6.07) is 8.14. The highest BCUT2D eigenvalue weighted by molar-refractivity contribution is 5.63. The van der Waals surface area contributed by atoms with E-state index in [-0.39, 0.29) is 0 Å². The zero-order valence-corrected chi connectivity index (χ0v) is 10.9. The fraction of sp³-hybridized carbons (Fsp3) is 0.333. The van der Waals surface area contributed by atoms with Crippen LogP contribution < -0.4 is 10.2 Å². The Hall–Kier alpha value is -1.94. The zero-order valence-electron chi connectivity index (χ0n) is 10.9. The van der Waals surface area contributed by atoms with E-state index in [9.17, 15) is 0 Å². The number of nitrogens with zero attached hydrogens (tertiary/aromatic N) is 3. The molecule has 1 N–H and O–H groups in total. The SMILES string of the molecule is c1ccc(-c2cncc(N3CCCNCC3)c2)nc1. The van der Waals surface area contributed by atoms with Gasteiger partial charge in [0, 0.05) is 37.6 Å². The van der Waals surface area contributed by atoms with Crippen LogP contribution in [0.2, 0.25) is 0 Å². The van der Waals surface area contributed by atoms with Crippen molar-refractivity contribution in [1.82, 2.24) is 15.3 Å². The van der Waals surface area contributed by atoms with E-state index in [1.54, 1.807) is 0 Å². The molecule has 1 aliphatic rings. The van der Waals surface area contributed by atoms with Crippen molar-refractivity contribution in [2.75, 3.05) is 31.1 Å². The Morgan fingerprint density at radius 1 is 1.11 bits per heavy atom. The summed E-state index contributed by atoms with van der Waals surface area (Å²) in [6.45, 7) is 4.26. The maximum atomic E-state index is 4.38. The zero-order chi connectivity index (χ0) is 12.9. The van der Waals surface area contributed by atoms with Crippen molar-refractivity contribution in [1.29, 1.82) is 0 Å². The second-order valence-electron chi connectivity index (χ2n) is 4.74. The second-order valence-corrected chi connectivity index (χ2v) is 4.74. The fourth-order valence-corrected chi connectivity index (χ4v) is 2.38. The fourth-order valence-electron chi connectivity index (χ4n) is 2.38. The maximum absolute atomic E-state index is 4.38. The van der Waals surface area contributed by atoms with E-state index in [0.29, 0.717) is 0 Å². The minimum atomic E-state index is 0.977. The summed E-state index contributed by atoms with van der Waals surface area (Å²) in [5, 5.41) is 3.42. The van der Waals surface area contributed by atoms with Gasteiger partial charge in [-0.1, -0.05) is 6.07 Å². The van der Waals surface area contributed by atoms with Crippen LogP contribution >= 0.6 is 0 Å². The van der Waals surface area contributed by atoms with E-state index >= 15 is 0 Å². The quantitative estimate of drug-likeness (QED) is 0.889. The number of anilines is 1. The molecule has 0 bridgehead atoms. The molecule has 0 radical (unpaired) electrons. The van der Waals surface area contributed by atoms with Gasteiger partial charge in [-0.05, 0) is 31.2 Å². The lowest BCUT2D eigenvalue weighted by Gasteiger charge is -2.22. The Balaban J connectivity index is 1.87. The van der Waals surface area contributed by atoms with E-state index in [1.165, 1.54) is 12.1 Å². The molecular weight excluding hydrogens is 236 g/mol. The highest BCUT2D eigenvalue weighted by Gasteiger charge is 2.10. The maximum Gasteiger partial charge on any atom is 0.0718 e. The highest BCUT2D eigenvalue weighted by atomic mass is 15.2. The van der Waals surface area contributed by atoms with Crippen LogP contribution in [-0.2, 0) is 0 Å². The molecule has 1 aliphatic heterocycles. The summed E-state index contributed by atoms with van der Waals surface area (Å²) in [6.07, 6.45) is 6.81. The Morgan fingerprint density at radius 3 is 3.00 bits per heavy atom. The topological polar surface area (TPSA) is 41.1 Å². The molecule has 0 atom stereocenters. The first-order chi connectivity index (χ1) is 9.43. The first-order valence-corrected chi connectivity index (χ1v) is 6.75. The third-order valence-electron chi connectivity index (χ3n) is 3.39. The summed E-state index contributed by atoms with van der Waals surface area (Å²) >= 11 is 0. The lowest BCUT2D eigenvalue weighted by atomic mass is 10.1. The van der Waals surface area contributed by atoms with Crippen LogP contribution in [-0.4, -0.2) is 36.1 Å². The molecule has 2 aromatic heterocycles. The highest BCUT2D eigenvalue weighted by Crippen LogP contribution is 2.22. The standard InChI is InChI=1S/C15H18N4/c1-2-6-18-15(4-1)13-10-14(12-17-11-13)19-8-3-5-16-7-9-19/h1-2,4,6,10-12,16H,3,5,7-9H2. The Morgan fingerprint density at radius 2 is 2.11 bits per heavy atom. The molecule has 19 heavy (non-hydrogen) atoms. The smallest absolute Gasteiger partial charge is 0.0718 e. The van der Waals surface area contributed by atoms with Gasteiger partial charge in [-0.2, -0.15) is 0 Å². The molecule has 4 nitrogen and oxygen atoms in total. The lowest BCUT2D eigenvalue weighted by molar-refractivity contribution is 0.724. The summed E-state index contributed by atoms with van der Waals surface area (Å²) in [5.41, 5.74) is 3.24. The van der Waals surface area contributed by atoms with Crippen molar-refractivity contribution in [2.45, 2.75) is 6.42 Å². The molecule has 3 heterocycles. The average molecular weight is 254 g/mol. The molecule has 0 saturated carbocycles. The number of rotatable bonds is 2. The van der Waals surface area contributed by atoms with Crippen LogP contribution in [0.5, 0.6) is 0 Å². The molecule has 0 aromatic carbocycles. The molecule has 1 fully saturated rings. The lowest BCUT2D eigenvalue weighted by Crippen LogP contribution is -2.27. The minimum Gasteiger partial charge on any atom is -0.369 e. The largest absolute Gasteiger partial charge is 0.369 e. The first kappa shape index (κ1) is 12.1. The number of hydrogen-bond donors (Lipinski definition) is 1. The molecule has 0 aliphatic carbocycles. The number of nitrogens with one attached hydrogen (secondary N) is 1. The van der Waals surface area contributed by atoms with Gasteiger partial charge in [0.2, 0.25) is 0 Å². The van der Waals surface area contributed by atoms with Crippen molar-refractivity contribution in [2.24, 2.45) is 0 Å². The van der Waals surface area contributed by atoms with Gasteiger partial charge in [0.15, 0.2) is 0 Å². The third kappa shape index (κ3) is 2.90. The second kappa shape index (κ2) is 5.80. The summed E-state index contributed by atoms with van der Waals surface area (Å²) in [4.78, 5) is 11.1. The first-order valence-electron chi connectivity index (χ1n) is 6.75. The monoisotopic (exact) mass is 254 g/mol. The van der Waals surface area contributed by atoms with Gasteiger partial charge in [-0.25, -0.2) is 0 Å². The van der Waals surface area contributed by atoms with Crippen LogP contribution in [0.25, 0.3) is 11.3 Å². The van der Waals surface area contributed by atoms with Gasteiger partial charge in [0.25, 0.3) is 0 Å². The van der Waals surface area contributed by atoms with Crippen LogP contribution in [0, 0.1) is 0 Å². The van der Waals surface area contributed by atoms with E-state index in [1.807, 2.05) is 36.8 Å². The molecule has 1 saturated heterocycles. The average Bonchev–Trinajstić information content (AvgIpc) is 2.77. The summed E-state index contributed by atoms with van der Waals surface area (Å²) < 4.78 is 0. The van der Waals surface area contributed by atoms with Crippen molar-refractivity contribution in [3.8, 4) is 11.3 Å². The predicted octanol–water partition coefficient (Wildman–Crippen LogP) is 1.94. The van der Waals surface area contributed by atoms with Crippen molar-refractivity contribution in [3.63, 3.8) is 0 Å². The predicted molar refractivity (Wildman–Crippen MR) is 77.2 cm³/mol. The Bertz CT molecular complexity index is 519. The number of pyridine rings is 2. The summed E-state index contributed by atoms with van der Waals surface area (Å²) in [5.74, 6) is 0. The molecule has 0 unspecified atom stereocenters. The summed E-state index contributed by atoms with van der Waals surface area (Å²) in [7, 11) is 0. The van der Waals surface area contributed by atoms with Gasteiger partial charge in [0.1, 0.15) is 0 Å². The van der Waals surface area contributed by atoms with Crippen LogP contribution in [0.3, 0.4) is 0 Å². The van der Waals surface area contributed by atoms with Crippen molar-refractivity contribution >= 4 is 5.69 Å². The van der Waals surface area contributed by atoms with Crippen molar-refractivity contribution in [3.05, 3.63) is 42.9 Å². The van der Waals surface area contributed by atoms with Gasteiger partial charge in [-0.3, -0.25) is 9.97 Å². The molecule has 0 spiro atoms. The van der Waals surface area contributed by atoms with E-state index in [0.717, 1.165) is 37.4 Å². The van der Waals surface area contributed by atoms with E-state index < -0.39 is 0 Å². The Labute approximate surface area is 113 Å². The van der Waals surface area contributed by atoms with Gasteiger partial charge in [0.05, 0.1) is 17.6 Å². The third-order valence-corrected chi connectivity index (χ3v) is 3.39. The molecule has 2 aromatic rings. The van der Waals surface area contributed by atoms with Crippen LogP contribution in [0.4, 0.5) is 5.69 Å².